The number of nitrogens with zero attached hydrogens (tertiary/aromatic N) is 2. The van der Waals surface area contributed by atoms with E-state index in [4.69, 9.17) is 10.00 Å². The van der Waals surface area contributed by atoms with Crippen molar-refractivity contribution in [2.24, 2.45) is 0 Å². The van der Waals surface area contributed by atoms with E-state index in [0.29, 0.717) is 0 Å². The molecule has 0 saturated carbocycles. The van der Waals surface area contributed by atoms with Gasteiger partial charge in [-0.15, -0.1) is 0 Å². The molecular weight excluding hydrogens is 376 g/mol. The Hall–Kier alpha value is -3.51. The van der Waals surface area contributed by atoms with Gasteiger partial charge in [-0.1, -0.05) is 0 Å². The molecule has 0 fully saturated rings. The van der Waals surface area contributed by atoms with Crippen LogP contribution in [0.3, 0.4) is 0 Å². The fourth-order valence-corrected chi connectivity index (χ4v) is 3.11. The van der Waals surface area contributed by atoms with Gasteiger partial charge in [-0.2, -0.15) is 5.26 Å². The molecule has 1 heterocycles. The lowest BCUT2D eigenvalue weighted by atomic mass is 10.2. The molecule has 0 spiro atoms. The van der Waals surface area contributed by atoms with E-state index in [0.717, 1.165) is 18.3 Å². The normalized spacial score (nSPS) is 10.9. The largest absolute Gasteiger partial charge is 0.457 e. The molecule has 6 nitrogen and oxygen atoms in total. The van der Waals surface area contributed by atoms with Gasteiger partial charge < -0.3 is 4.74 Å². The van der Waals surface area contributed by atoms with Crippen LogP contribution < -0.4 is 9.46 Å². The zero-order valence-electron chi connectivity index (χ0n) is 13.6. The molecule has 0 atom stereocenters. The highest BCUT2D eigenvalue weighted by Crippen LogP contribution is 2.25. The van der Waals surface area contributed by atoms with Crippen LogP contribution >= 0.6 is 0 Å². The molecule has 0 bridgehead atoms. The Morgan fingerprint density at radius 2 is 1.70 bits per heavy atom. The lowest BCUT2D eigenvalue weighted by molar-refractivity contribution is 0.476. The second kappa shape index (κ2) is 7.39. The average molecular weight is 387 g/mol. The zero-order chi connectivity index (χ0) is 19.4. The van der Waals surface area contributed by atoms with E-state index in [-0.39, 0.29) is 27.8 Å². The quantitative estimate of drug-likeness (QED) is 0.718. The maximum atomic E-state index is 13.6. The van der Waals surface area contributed by atoms with E-state index in [9.17, 15) is 17.2 Å². The van der Waals surface area contributed by atoms with Crippen molar-refractivity contribution in [3.63, 3.8) is 0 Å². The molecule has 0 saturated heterocycles. The molecular formula is C18H11F2N3O3S. The summed E-state index contributed by atoms with van der Waals surface area (Å²) in [5, 5.41) is 8.71. The van der Waals surface area contributed by atoms with Gasteiger partial charge in [0.2, 0.25) is 0 Å². The Labute approximate surface area is 153 Å². The van der Waals surface area contributed by atoms with Crippen LogP contribution in [0, 0.1) is 23.0 Å². The van der Waals surface area contributed by atoms with Crippen LogP contribution in [0.4, 0.5) is 14.6 Å². The molecule has 0 amide bonds. The molecule has 0 radical (unpaired) electrons. The standard InChI is InChI=1S/C18H11F2N3O3S/c19-13-2-8-18(22-11-13)23-27(24,25)16-6-4-14(5-7-16)26-15-3-1-12(10-21)17(20)9-15/h1-9,11H,(H,22,23). The van der Waals surface area contributed by atoms with Crippen LogP contribution in [0.15, 0.2) is 65.7 Å². The monoisotopic (exact) mass is 387 g/mol. The van der Waals surface area contributed by atoms with E-state index in [2.05, 4.69) is 9.71 Å². The van der Waals surface area contributed by atoms with Gasteiger partial charge >= 0.3 is 0 Å². The summed E-state index contributed by atoms with van der Waals surface area (Å²) in [6.07, 6.45) is 0.894. The number of sulfonamides is 1. The molecule has 27 heavy (non-hydrogen) atoms. The number of halogens is 2. The molecule has 9 heteroatoms. The van der Waals surface area contributed by atoms with Crippen molar-refractivity contribution in [3.8, 4) is 17.6 Å². The lowest BCUT2D eigenvalue weighted by Crippen LogP contribution is -2.13. The Kier molecular flexibility index (Phi) is 5.00. The van der Waals surface area contributed by atoms with Crippen molar-refractivity contribution in [2.45, 2.75) is 4.90 Å². The maximum absolute atomic E-state index is 13.6. The van der Waals surface area contributed by atoms with Crippen LogP contribution in [0.2, 0.25) is 0 Å². The minimum absolute atomic E-state index is 0.0233. The number of hydrogen-bond donors (Lipinski definition) is 1. The molecule has 3 aromatic rings. The van der Waals surface area contributed by atoms with Gasteiger partial charge in [0, 0.05) is 6.07 Å². The molecule has 0 aliphatic rings. The molecule has 1 N–H and O–H groups in total. The number of nitrogens with one attached hydrogen (secondary N) is 1. The van der Waals surface area contributed by atoms with Crippen molar-refractivity contribution in [1.82, 2.24) is 4.98 Å². The summed E-state index contributed by atoms with van der Waals surface area (Å²) < 4.78 is 58.7. The second-order valence-corrected chi connectivity index (χ2v) is 6.98. The number of nitriles is 1. The van der Waals surface area contributed by atoms with Crippen LogP contribution in [0.25, 0.3) is 0 Å². The highest BCUT2D eigenvalue weighted by molar-refractivity contribution is 7.92. The molecule has 2 aromatic carbocycles. The highest BCUT2D eigenvalue weighted by atomic mass is 32.2. The first-order valence-electron chi connectivity index (χ1n) is 7.49. The lowest BCUT2D eigenvalue weighted by Gasteiger charge is -2.09. The minimum atomic E-state index is -3.92. The Morgan fingerprint density at radius 1 is 1.00 bits per heavy atom. The number of rotatable bonds is 5. The molecule has 136 valence electrons. The zero-order valence-corrected chi connectivity index (χ0v) is 14.4. The summed E-state index contributed by atoms with van der Waals surface area (Å²) in [4.78, 5) is 3.57. The van der Waals surface area contributed by atoms with Gasteiger partial charge in [-0.25, -0.2) is 22.2 Å². The second-order valence-electron chi connectivity index (χ2n) is 5.29. The predicted molar refractivity (Wildman–Crippen MR) is 92.6 cm³/mol. The minimum Gasteiger partial charge on any atom is -0.457 e. The van der Waals surface area contributed by atoms with Crippen molar-refractivity contribution < 1.29 is 21.9 Å². The maximum Gasteiger partial charge on any atom is 0.263 e. The van der Waals surface area contributed by atoms with Gasteiger partial charge in [0.1, 0.15) is 35.0 Å². The summed E-state index contributed by atoms with van der Waals surface area (Å²) in [6.45, 7) is 0. The number of anilines is 1. The van der Waals surface area contributed by atoms with Gasteiger partial charge in [0.15, 0.2) is 0 Å². The number of ether oxygens (including phenoxy) is 1. The van der Waals surface area contributed by atoms with Gasteiger partial charge in [0.05, 0.1) is 16.7 Å². The first kappa shape index (κ1) is 18.3. The van der Waals surface area contributed by atoms with Crippen LogP contribution in [0.5, 0.6) is 11.5 Å². The number of aromatic nitrogens is 1. The topological polar surface area (TPSA) is 92.1 Å². The fraction of sp³-hybridized carbons (Fsp3) is 0. The van der Waals surface area contributed by atoms with Gasteiger partial charge in [-0.3, -0.25) is 4.72 Å². The van der Waals surface area contributed by atoms with Gasteiger partial charge in [-0.05, 0) is 48.5 Å². The third-order valence-electron chi connectivity index (χ3n) is 3.40. The predicted octanol–water partition coefficient (Wildman–Crippen LogP) is 3.82. The first-order valence-corrected chi connectivity index (χ1v) is 8.98. The van der Waals surface area contributed by atoms with E-state index >= 15 is 0 Å². The SMILES string of the molecule is N#Cc1ccc(Oc2ccc(S(=O)(=O)Nc3ccc(F)cn3)cc2)cc1F. The Balaban J connectivity index is 1.75. The Morgan fingerprint density at radius 3 is 2.30 bits per heavy atom. The van der Waals surface area contributed by atoms with Gasteiger partial charge in [0.25, 0.3) is 10.0 Å². The van der Waals surface area contributed by atoms with E-state index in [1.807, 2.05) is 0 Å². The summed E-state index contributed by atoms with van der Waals surface area (Å²) in [5.41, 5.74) is -0.107. The van der Waals surface area contributed by atoms with Crippen molar-refractivity contribution in [1.29, 1.82) is 5.26 Å². The van der Waals surface area contributed by atoms with E-state index in [1.165, 1.54) is 42.5 Å². The molecule has 0 aliphatic carbocycles. The molecule has 3 rings (SSSR count). The first-order chi connectivity index (χ1) is 12.9. The summed E-state index contributed by atoms with van der Waals surface area (Å²) in [7, 11) is -3.92. The summed E-state index contributed by atoms with van der Waals surface area (Å²) >= 11 is 0. The van der Waals surface area contributed by atoms with E-state index in [1.54, 1.807) is 6.07 Å². The average Bonchev–Trinajstić information content (AvgIpc) is 2.64. The third kappa shape index (κ3) is 4.37. The highest BCUT2D eigenvalue weighted by Gasteiger charge is 2.15. The number of benzene rings is 2. The summed E-state index contributed by atoms with van der Waals surface area (Å²) in [6, 6.07) is 13.1. The molecule has 0 aliphatic heterocycles. The number of pyridine rings is 1. The number of hydrogen-bond acceptors (Lipinski definition) is 5. The fourth-order valence-electron chi connectivity index (χ4n) is 2.11. The van der Waals surface area contributed by atoms with Crippen LogP contribution in [0.1, 0.15) is 5.56 Å². The van der Waals surface area contributed by atoms with Crippen LogP contribution in [-0.4, -0.2) is 13.4 Å². The third-order valence-corrected chi connectivity index (χ3v) is 4.77. The van der Waals surface area contributed by atoms with Crippen molar-refractivity contribution >= 4 is 15.8 Å². The smallest absolute Gasteiger partial charge is 0.263 e. The molecule has 0 unspecified atom stereocenters. The van der Waals surface area contributed by atoms with Crippen molar-refractivity contribution in [2.75, 3.05) is 4.72 Å². The van der Waals surface area contributed by atoms with Crippen LogP contribution in [-0.2, 0) is 10.0 Å². The summed E-state index contributed by atoms with van der Waals surface area (Å²) in [5.74, 6) is -0.887. The van der Waals surface area contributed by atoms with E-state index < -0.39 is 21.7 Å². The molecule has 1 aromatic heterocycles. The van der Waals surface area contributed by atoms with Crippen molar-refractivity contribution in [3.05, 3.63) is 78.0 Å². The Bertz CT molecular complexity index is 1110.